The number of thiophene rings is 1. The molecular weight excluding hydrogens is 362 g/mol. The van der Waals surface area contributed by atoms with Gasteiger partial charge in [0.05, 0.1) is 18.6 Å². The monoisotopic (exact) mass is 381 g/mol. The first-order valence-electron chi connectivity index (χ1n) is 8.55. The molecule has 27 heavy (non-hydrogen) atoms. The first-order valence-corrected chi connectivity index (χ1v) is 9.43. The Balaban J connectivity index is 1.87. The van der Waals surface area contributed by atoms with Crippen LogP contribution in [-0.4, -0.2) is 23.9 Å². The van der Waals surface area contributed by atoms with E-state index >= 15 is 0 Å². The zero-order valence-corrected chi connectivity index (χ0v) is 16.0. The summed E-state index contributed by atoms with van der Waals surface area (Å²) in [6.45, 7) is 2.72. The van der Waals surface area contributed by atoms with Gasteiger partial charge in [0, 0.05) is 0 Å². The van der Waals surface area contributed by atoms with E-state index in [0.29, 0.717) is 23.9 Å². The van der Waals surface area contributed by atoms with Crippen LogP contribution < -0.4 is 9.47 Å². The van der Waals surface area contributed by atoms with Crippen molar-refractivity contribution in [2.24, 2.45) is 0 Å². The highest BCUT2D eigenvalue weighted by atomic mass is 32.1. The van der Waals surface area contributed by atoms with Gasteiger partial charge in [0.25, 0.3) is 5.89 Å². The molecule has 0 saturated heterocycles. The number of hydrogen-bond donors (Lipinski definition) is 0. The van der Waals surface area contributed by atoms with E-state index in [-0.39, 0.29) is 11.5 Å². The first kappa shape index (κ1) is 18.7. The standard InChI is InChI=1S/C20H19N3O3S/c1-3-4-9-25-17-12-14(7-8-16(17)24-2)11-15(13-21)20-22-19(23-26-20)18-6-5-10-27-18/h5-8,10-12H,3-4,9H2,1-2H3/b15-11+. The molecule has 3 rings (SSSR count). The number of hydrogen-bond acceptors (Lipinski definition) is 7. The van der Waals surface area contributed by atoms with Crippen LogP contribution in [0, 0.1) is 11.3 Å². The van der Waals surface area contributed by atoms with E-state index in [4.69, 9.17) is 14.0 Å². The predicted octanol–water partition coefficient (Wildman–Crippen LogP) is 5.05. The van der Waals surface area contributed by atoms with Crippen molar-refractivity contribution >= 4 is 23.0 Å². The molecule has 0 fully saturated rings. The van der Waals surface area contributed by atoms with Gasteiger partial charge in [-0.15, -0.1) is 11.3 Å². The lowest BCUT2D eigenvalue weighted by atomic mass is 10.1. The highest BCUT2D eigenvalue weighted by molar-refractivity contribution is 7.13. The van der Waals surface area contributed by atoms with E-state index in [1.165, 1.54) is 11.3 Å². The molecule has 0 aliphatic rings. The molecule has 138 valence electrons. The van der Waals surface area contributed by atoms with Gasteiger partial charge in [0.2, 0.25) is 5.82 Å². The summed E-state index contributed by atoms with van der Waals surface area (Å²) in [6, 6.07) is 11.4. The van der Waals surface area contributed by atoms with Crippen LogP contribution in [0.3, 0.4) is 0 Å². The minimum Gasteiger partial charge on any atom is -0.493 e. The minimum atomic E-state index is 0.185. The Morgan fingerprint density at radius 1 is 1.33 bits per heavy atom. The quantitative estimate of drug-likeness (QED) is 0.401. The summed E-state index contributed by atoms with van der Waals surface area (Å²) in [5.74, 6) is 1.95. The second-order valence-corrected chi connectivity index (χ2v) is 6.63. The molecule has 0 aliphatic carbocycles. The average molecular weight is 381 g/mol. The van der Waals surface area contributed by atoms with Crippen molar-refractivity contribution in [1.29, 1.82) is 5.26 Å². The summed E-state index contributed by atoms with van der Waals surface area (Å²) < 4.78 is 16.4. The third-order valence-electron chi connectivity index (χ3n) is 3.77. The Morgan fingerprint density at radius 3 is 2.93 bits per heavy atom. The second kappa shape index (κ2) is 9.01. The van der Waals surface area contributed by atoms with Crippen LogP contribution in [0.2, 0.25) is 0 Å². The van der Waals surface area contributed by atoms with Crippen LogP contribution in [0.15, 0.2) is 40.2 Å². The maximum absolute atomic E-state index is 9.52. The molecule has 0 bridgehead atoms. The number of unbranched alkanes of at least 4 members (excludes halogenated alkanes) is 1. The molecule has 0 unspecified atom stereocenters. The zero-order valence-electron chi connectivity index (χ0n) is 15.1. The fourth-order valence-electron chi connectivity index (χ4n) is 2.37. The van der Waals surface area contributed by atoms with Crippen LogP contribution in [0.1, 0.15) is 31.2 Å². The molecule has 3 aromatic rings. The lowest BCUT2D eigenvalue weighted by Gasteiger charge is -2.11. The van der Waals surface area contributed by atoms with Gasteiger partial charge in [-0.2, -0.15) is 10.2 Å². The lowest BCUT2D eigenvalue weighted by molar-refractivity contribution is 0.288. The van der Waals surface area contributed by atoms with Crippen LogP contribution in [0.4, 0.5) is 0 Å². The normalized spacial score (nSPS) is 11.2. The molecule has 0 aliphatic heterocycles. The van der Waals surface area contributed by atoms with Crippen molar-refractivity contribution in [2.75, 3.05) is 13.7 Å². The Morgan fingerprint density at radius 2 is 2.22 bits per heavy atom. The van der Waals surface area contributed by atoms with E-state index in [1.54, 1.807) is 13.2 Å². The van der Waals surface area contributed by atoms with Crippen molar-refractivity contribution in [3.05, 3.63) is 47.2 Å². The van der Waals surface area contributed by atoms with E-state index in [1.807, 2.05) is 35.7 Å². The fourth-order valence-corrected chi connectivity index (χ4v) is 3.02. The summed E-state index contributed by atoms with van der Waals surface area (Å²) in [6.07, 6.45) is 3.70. The Bertz CT molecular complexity index is 955. The highest BCUT2D eigenvalue weighted by Crippen LogP contribution is 2.30. The molecular formula is C20H19N3O3S. The van der Waals surface area contributed by atoms with Gasteiger partial charge in [-0.05, 0) is 41.6 Å². The zero-order chi connectivity index (χ0) is 19.1. The molecule has 0 amide bonds. The van der Waals surface area contributed by atoms with Crippen LogP contribution in [0.5, 0.6) is 11.5 Å². The van der Waals surface area contributed by atoms with Gasteiger partial charge < -0.3 is 14.0 Å². The Hall–Kier alpha value is -3.11. The van der Waals surface area contributed by atoms with Crippen molar-refractivity contribution in [1.82, 2.24) is 10.1 Å². The Kier molecular flexibility index (Phi) is 6.23. The van der Waals surface area contributed by atoms with Gasteiger partial charge in [0.15, 0.2) is 11.5 Å². The average Bonchev–Trinajstić information content (AvgIpc) is 3.38. The Labute approximate surface area is 161 Å². The third-order valence-corrected chi connectivity index (χ3v) is 4.64. The predicted molar refractivity (Wildman–Crippen MR) is 104 cm³/mol. The highest BCUT2D eigenvalue weighted by Gasteiger charge is 2.14. The smallest absolute Gasteiger partial charge is 0.268 e. The largest absolute Gasteiger partial charge is 0.493 e. The summed E-state index contributed by atoms with van der Waals surface area (Å²) in [7, 11) is 1.60. The van der Waals surface area contributed by atoms with Crippen LogP contribution in [-0.2, 0) is 0 Å². The maximum atomic E-state index is 9.52. The number of nitriles is 1. The molecule has 6 nitrogen and oxygen atoms in total. The second-order valence-electron chi connectivity index (χ2n) is 5.68. The van der Waals surface area contributed by atoms with E-state index in [0.717, 1.165) is 23.3 Å². The summed E-state index contributed by atoms with van der Waals surface area (Å²) in [5, 5.41) is 15.4. The summed E-state index contributed by atoms with van der Waals surface area (Å²) in [4.78, 5) is 5.21. The molecule has 2 aromatic heterocycles. The van der Waals surface area contributed by atoms with Gasteiger partial charge in [0.1, 0.15) is 11.6 Å². The molecule has 0 radical (unpaired) electrons. The number of ether oxygens (including phenoxy) is 2. The van der Waals surface area contributed by atoms with Crippen molar-refractivity contribution < 1.29 is 14.0 Å². The first-order chi connectivity index (χ1) is 13.2. The van der Waals surface area contributed by atoms with Gasteiger partial charge in [-0.25, -0.2) is 0 Å². The number of nitrogens with zero attached hydrogens (tertiary/aromatic N) is 3. The van der Waals surface area contributed by atoms with Crippen molar-refractivity contribution in [2.45, 2.75) is 19.8 Å². The number of rotatable bonds is 8. The van der Waals surface area contributed by atoms with Gasteiger partial charge >= 0.3 is 0 Å². The molecule has 1 aromatic carbocycles. The fraction of sp³-hybridized carbons (Fsp3) is 0.250. The van der Waals surface area contributed by atoms with E-state index in [2.05, 4.69) is 23.1 Å². The maximum Gasteiger partial charge on any atom is 0.268 e. The molecule has 0 N–H and O–H groups in total. The summed E-state index contributed by atoms with van der Waals surface area (Å²) >= 11 is 1.51. The number of benzene rings is 1. The van der Waals surface area contributed by atoms with Gasteiger partial charge in [-0.3, -0.25) is 0 Å². The molecule has 0 saturated carbocycles. The SMILES string of the molecule is CCCCOc1cc(/C=C(\C#N)c2nc(-c3cccs3)no2)ccc1OC. The van der Waals surface area contributed by atoms with E-state index < -0.39 is 0 Å². The molecule has 0 spiro atoms. The van der Waals surface area contributed by atoms with Crippen molar-refractivity contribution in [3.8, 4) is 28.3 Å². The molecule has 7 heteroatoms. The molecule has 0 atom stereocenters. The topological polar surface area (TPSA) is 81.2 Å². The van der Waals surface area contributed by atoms with Crippen LogP contribution >= 0.6 is 11.3 Å². The number of methoxy groups -OCH3 is 1. The minimum absolute atomic E-state index is 0.185. The summed E-state index contributed by atoms with van der Waals surface area (Å²) in [5.41, 5.74) is 1.07. The molecule has 2 heterocycles. The van der Waals surface area contributed by atoms with Crippen LogP contribution in [0.25, 0.3) is 22.4 Å². The van der Waals surface area contributed by atoms with Gasteiger partial charge in [-0.1, -0.05) is 30.6 Å². The third kappa shape index (κ3) is 4.54. The lowest BCUT2D eigenvalue weighted by Crippen LogP contribution is -1.99. The number of aromatic nitrogens is 2. The van der Waals surface area contributed by atoms with E-state index in [9.17, 15) is 5.26 Å². The number of allylic oxidation sites excluding steroid dienone is 1. The van der Waals surface area contributed by atoms with Crippen molar-refractivity contribution in [3.63, 3.8) is 0 Å².